The molecule has 0 saturated carbocycles. The molecule has 0 saturated heterocycles. The van der Waals surface area contributed by atoms with Crippen LogP contribution in [0.3, 0.4) is 0 Å². The first kappa shape index (κ1) is 11.5. The van der Waals surface area contributed by atoms with Crippen LogP contribution in [0.4, 0.5) is 0 Å². The molecule has 0 N–H and O–H groups in total. The summed E-state index contributed by atoms with van der Waals surface area (Å²) in [6, 6.07) is 16.0. The van der Waals surface area contributed by atoms with Crippen LogP contribution in [0.25, 0.3) is 16.6 Å². The quantitative estimate of drug-likeness (QED) is 0.657. The Morgan fingerprint density at radius 2 is 1.60 bits per heavy atom. The van der Waals surface area contributed by atoms with Crippen LogP contribution in [0.5, 0.6) is 0 Å². The molecule has 0 fully saturated rings. The second-order valence-electron chi connectivity index (χ2n) is 5.31. The maximum atomic E-state index is 12.9. The molecule has 1 aromatic carbocycles. The van der Waals surface area contributed by atoms with E-state index in [1.165, 1.54) is 11.1 Å². The van der Waals surface area contributed by atoms with Crippen LogP contribution in [0.2, 0.25) is 0 Å². The number of aromatic nitrogens is 1. The molecule has 0 unspecified atom stereocenters. The van der Waals surface area contributed by atoms with Gasteiger partial charge < -0.3 is 0 Å². The van der Waals surface area contributed by atoms with Crippen molar-refractivity contribution in [3.8, 4) is 11.1 Å². The van der Waals surface area contributed by atoms with Crippen molar-refractivity contribution in [1.29, 1.82) is 0 Å². The van der Waals surface area contributed by atoms with E-state index in [0.717, 1.165) is 35.9 Å². The smallest absolute Gasteiger partial charge is 0.263 e. The normalized spacial score (nSPS) is 13.6. The van der Waals surface area contributed by atoms with Gasteiger partial charge in [0, 0.05) is 6.20 Å². The molecule has 3 aromatic rings. The van der Waals surface area contributed by atoms with Crippen molar-refractivity contribution in [3.63, 3.8) is 0 Å². The van der Waals surface area contributed by atoms with Crippen molar-refractivity contribution in [2.45, 2.75) is 19.3 Å². The van der Waals surface area contributed by atoms with Gasteiger partial charge in [0.15, 0.2) is 0 Å². The number of pyridine rings is 2. The van der Waals surface area contributed by atoms with Crippen molar-refractivity contribution in [3.05, 3.63) is 76.2 Å². The largest absolute Gasteiger partial charge is 0.283 e. The number of fused-ring (bicyclic) bond motifs is 3. The molecule has 0 spiro atoms. The van der Waals surface area contributed by atoms with Crippen molar-refractivity contribution in [1.82, 2.24) is 4.40 Å². The maximum absolute atomic E-state index is 12.9. The highest BCUT2D eigenvalue weighted by Crippen LogP contribution is 2.32. The van der Waals surface area contributed by atoms with Crippen LogP contribution in [-0.4, -0.2) is 4.40 Å². The number of nitrogens with zero attached hydrogens (tertiary/aromatic N) is 1. The van der Waals surface area contributed by atoms with Crippen LogP contribution >= 0.6 is 0 Å². The van der Waals surface area contributed by atoms with E-state index in [-0.39, 0.29) is 5.56 Å². The molecule has 2 aromatic heterocycles. The molecule has 20 heavy (non-hydrogen) atoms. The molecule has 1 aliphatic rings. The van der Waals surface area contributed by atoms with Gasteiger partial charge in [-0.05, 0) is 48.1 Å². The molecule has 98 valence electrons. The summed E-state index contributed by atoms with van der Waals surface area (Å²) in [5.74, 6) is 0. The molecule has 1 aliphatic carbocycles. The van der Waals surface area contributed by atoms with Crippen LogP contribution in [0.1, 0.15) is 17.5 Å². The zero-order valence-electron chi connectivity index (χ0n) is 11.2. The molecule has 2 heterocycles. The minimum absolute atomic E-state index is 0.104. The summed E-state index contributed by atoms with van der Waals surface area (Å²) in [7, 11) is 0. The molecule has 4 rings (SSSR count). The summed E-state index contributed by atoms with van der Waals surface area (Å²) in [6.45, 7) is 0. The summed E-state index contributed by atoms with van der Waals surface area (Å²) in [5.41, 5.74) is 5.71. The van der Waals surface area contributed by atoms with E-state index < -0.39 is 0 Å². The third-order valence-electron chi connectivity index (χ3n) is 4.18. The monoisotopic (exact) mass is 261 g/mol. The van der Waals surface area contributed by atoms with Gasteiger partial charge in [0.2, 0.25) is 0 Å². The zero-order valence-corrected chi connectivity index (χ0v) is 11.2. The van der Waals surface area contributed by atoms with E-state index >= 15 is 0 Å². The number of rotatable bonds is 1. The van der Waals surface area contributed by atoms with Crippen molar-refractivity contribution in [2.24, 2.45) is 0 Å². The van der Waals surface area contributed by atoms with E-state index in [9.17, 15) is 4.79 Å². The molecular formula is C18H15NO. The summed E-state index contributed by atoms with van der Waals surface area (Å²) in [6.07, 6.45) is 5.11. The maximum Gasteiger partial charge on any atom is 0.263 e. The molecule has 0 amide bonds. The lowest BCUT2D eigenvalue weighted by Crippen LogP contribution is -2.18. The third kappa shape index (κ3) is 1.54. The number of aryl methyl sites for hydroxylation is 1. The van der Waals surface area contributed by atoms with Gasteiger partial charge in [-0.25, -0.2) is 0 Å². The first-order valence-electron chi connectivity index (χ1n) is 7.07. The van der Waals surface area contributed by atoms with Crippen LogP contribution < -0.4 is 5.56 Å². The van der Waals surface area contributed by atoms with Gasteiger partial charge in [-0.1, -0.05) is 36.4 Å². The molecule has 0 radical (unpaired) electrons. The summed E-state index contributed by atoms with van der Waals surface area (Å²) in [4.78, 5) is 12.9. The molecule has 0 aliphatic heterocycles. The highest BCUT2D eigenvalue weighted by Gasteiger charge is 2.22. The van der Waals surface area contributed by atoms with Crippen LogP contribution in [0, 0.1) is 0 Å². The second-order valence-corrected chi connectivity index (χ2v) is 5.31. The lowest BCUT2D eigenvalue weighted by atomic mass is 9.98. The number of hydrogen-bond donors (Lipinski definition) is 0. The lowest BCUT2D eigenvalue weighted by molar-refractivity contribution is 0.913. The minimum Gasteiger partial charge on any atom is -0.283 e. The minimum atomic E-state index is 0.104. The second kappa shape index (κ2) is 4.34. The Labute approximate surface area is 117 Å². The standard InChI is InChI=1S/C18H15NO/c20-18-17(13-7-2-1-3-8-13)15-10-6-9-14(15)16-11-4-5-12-19(16)18/h1-5,7-8,11-12H,6,9-10H2. The molecule has 0 atom stereocenters. The Balaban J connectivity index is 2.17. The van der Waals surface area contributed by atoms with E-state index in [4.69, 9.17) is 0 Å². The Bertz CT molecular complexity index is 846. The molecule has 2 nitrogen and oxygen atoms in total. The van der Waals surface area contributed by atoms with Crippen LogP contribution in [-0.2, 0) is 12.8 Å². The predicted molar refractivity (Wildman–Crippen MR) is 81.1 cm³/mol. The van der Waals surface area contributed by atoms with Crippen molar-refractivity contribution < 1.29 is 0 Å². The highest BCUT2D eigenvalue weighted by atomic mass is 16.1. The van der Waals surface area contributed by atoms with Crippen LogP contribution in [0.15, 0.2) is 59.5 Å². The van der Waals surface area contributed by atoms with Gasteiger partial charge in [-0.2, -0.15) is 0 Å². The van der Waals surface area contributed by atoms with Gasteiger partial charge in [0.1, 0.15) is 0 Å². The van der Waals surface area contributed by atoms with E-state index in [2.05, 4.69) is 6.07 Å². The molecule has 0 bridgehead atoms. The fourth-order valence-corrected chi connectivity index (χ4v) is 3.32. The fraction of sp³-hybridized carbons (Fsp3) is 0.167. The summed E-state index contributed by atoms with van der Waals surface area (Å²) < 4.78 is 1.80. The van der Waals surface area contributed by atoms with Gasteiger partial charge in [-0.15, -0.1) is 0 Å². The summed E-state index contributed by atoms with van der Waals surface area (Å²) in [5, 5.41) is 0. The van der Waals surface area contributed by atoms with Gasteiger partial charge in [0.05, 0.1) is 11.1 Å². The van der Waals surface area contributed by atoms with Gasteiger partial charge in [0.25, 0.3) is 5.56 Å². The first-order valence-corrected chi connectivity index (χ1v) is 7.07. The van der Waals surface area contributed by atoms with E-state index in [0.29, 0.717) is 0 Å². The Hall–Kier alpha value is -2.35. The molecule has 2 heteroatoms. The lowest BCUT2D eigenvalue weighted by Gasteiger charge is -2.12. The predicted octanol–water partition coefficient (Wildman–Crippen LogP) is 3.46. The number of benzene rings is 1. The Kier molecular flexibility index (Phi) is 2.49. The zero-order chi connectivity index (χ0) is 13.5. The first-order chi connectivity index (χ1) is 9.86. The Morgan fingerprint density at radius 1 is 0.850 bits per heavy atom. The topological polar surface area (TPSA) is 21.5 Å². The average Bonchev–Trinajstić information content (AvgIpc) is 2.98. The fourth-order valence-electron chi connectivity index (χ4n) is 3.32. The third-order valence-corrected chi connectivity index (χ3v) is 4.18. The van der Waals surface area contributed by atoms with Gasteiger partial charge in [-0.3, -0.25) is 9.20 Å². The Morgan fingerprint density at radius 3 is 2.45 bits per heavy atom. The van der Waals surface area contributed by atoms with E-state index in [1.807, 2.05) is 48.7 Å². The summed E-state index contributed by atoms with van der Waals surface area (Å²) >= 11 is 0. The SMILES string of the molecule is O=c1c(-c2ccccc2)c2c(c3ccccn13)CCC2. The van der Waals surface area contributed by atoms with Crippen molar-refractivity contribution in [2.75, 3.05) is 0 Å². The highest BCUT2D eigenvalue weighted by molar-refractivity contribution is 5.74. The van der Waals surface area contributed by atoms with E-state index in [1.54, 1.807) is 4.40 Å². The average molecular weight is 261 g/mol. The number of hydrogen-bond acceptors (Lipinski definition) is 1. The van der Waals surface area contributed by atoms with Crippen molar-refractivity contribution >= 4 is 5.52 Å². The van der Waals surface area contributed by atoms with Gasteiger partial charge >= 0.3 is 0 Å². The molecular weight excluding hydrogens is 246 g/mol.